The van der Waals surface area contributed by atoms with Crippen LogP contribution in [-0.2, 0) is 0 Å². The number of ketones is 1. The van der Waals surface area contributed by atoms with Crippen LogP contribution in [0.15, 0.2) is 53.6 Å². The zero-order chi connectivity index (χ0) is 17.1. The molecular formula is C20H16N2OS. The number of aryl methyl sites for hydroxylation is 2. The van der Waals surface area contributed by atoms with E-state index in [1.165, 1.54) is 11.8 Å². The highest BCUT2D eigenvalue weighted by atomic mass is 32.2. The first-order valence-electron chi connectivity index (χ1n) is 7.61. The van der Waals surface area contributed by atoms with Crippen LogP contribution in [0.4, 0.5) is 0 Å². The zero-order valence-electron chi connectivity index (χ0n) is 13.5. The second-order valence-corrected chi connectivity index (χ2v) is 6.64. The minimum absolute atomic E-state index is 0.0376. The van der Waals surface area contributed by atoms with Crippen molar-refractivity contribution in [3.63, 3.8) is 0 Å². The van der Waals surface area contributed by atoms with Crippen LogP contribution in [-0.4, -0.2) is 16.5 Å². The predicted octanol–water partition coefficient (Wildman–Crippen LogP) is 4.70. The number of fused-ring (bicyclic) bond motifs is 1. The number of carbonyl (C=O) groups is 1. The van der Waals surface area contributed by atoms with Crippen LogP contribution in [0.1, 0.15) is 27.0 Å². The summed E-state index contributed by atoms with van der Waals surface area (Å²) in [7, 11) is 0. The summed E-state index contributed by atoms with van der Waals surface area (Å²) in [4.78, 5) is 16.9. The first-order chi connectivity index (χ1) is 11.6. The van der Waals surface area contributed by atoms with Crippen molar-refractivity contribution in [2.75, 3.05) is 5.75 Å². The Bertz CT molecular complexity index is 956. The molecule has 0 radical (unpaired) electrons. The number of Topliss-reactive ketones (excluding diaryl/α,β-unsaturated/α-hetero) is 1. The van der Waals surface area contributed by atoms with E-state index in [1.807, 2.05) is 62.4 Å². The molecule has 4 heteroatoms. The molecule has 0 amide bonds. The summed E-state index contributed by atoms with van der Waals surface area (Å²) in [6.07, 6.45) is 0. The molecular weight excluding hydrogens is 316 g/mol. The van der Waals surface area contributed by atoms with Crippen LogP contribution in [0.3, 0.4) is 0 Å². The van der Waals surface area contributed by atoms with Crippen LogP contribution in [0, 0.1) is 25.2 Å². The van der Waals surface area contributed by atoms with Gasteiger partial charge in [0.25, 0.3) is 0 Å². The van der Waals surface area contributed by atoms with E-state index in [-0.39, 0.29) is 11.5 Å². The van der Waals surface area contributed by atoms with Gasteiger partial charge in [-0.2, -0.15) is 5.26 Å². The van der Waals surface area contributed by atoms with Crippen molar-refractivity contribution in [1.82, 2.24) is 4.98 Å². The molecule has 3 rings (SSSR count). The SMILES string of the molecule is Cc1ccc(C(=O)CSc2nc3c(C)cccc3cc2C#N)cc1. The molecule has 0 aliphatic heterocycles. The maximum absolute atomic E-state index is 12.3. The maximum Gasteiger partial charge on any atom is 0.173 e. The number of rotatable bonds is 4. The number of nitriles is 1. The lowest BCUT2D eigenvalue weighted by Crippen LogP contribution is -2.03. The Morgan fingerprint density at radius 2 is 1.92 bits per heavy atom. The molecule has 0 fully saturated rings. The third-order valence-electron chi connectivity index (χ3n) is 3.85. The average molecular weight is 332 g/mol. The van der Waals surface area contributed by atoms with E-state index < -0.39 is 0 Å². The van der Waals surface area contributed by atoms with Crippen molar-refractivity contribution >= 4 is 28.4 Å². The van der Waals surface area contributed by atoms with Gasteiger partial charge in [-0.25, -0.2) is 4.98 Å². The van der Waals surface area contributed by atoms with E-state index in [4.69, 9.17) is 0 Å². The van der Waals surface area contributed by atoms with Gasteiger partial charge in [-0.3, -0.25) is 4.79 Å². The summed E-state index contributed by atoms with van der Waals surface area (Å²) in [5.41, 5.74) is 4.25. The third-order valence-corrected chi connectivity index (χ3v) is 4.84. The molecule has 24 heavy (non-hydrogen) atoms. The molecule has 0 spiro atoms. The highest BCUT2D eigenvalue weighted by molar-refractivity contribution is 8.00. The van der Waals surface area contributed by atoms with E-state index in [2.05, 4.69) is 11.1 Å². The van der Waals surface area contributed by atoms with Crippen molar-refractivity contribution < 1.29 is 4.79 Å². The van der Waals surface area contributed by atoms with Crippen molar-refractivity contribution in [2.24, 2.45) is 0 Å². The van der Waals surface area contributed by atoms with E-state index in [0.29, 0.717) is 16.2 Å². The molecule has 3 nitrogen and oxygen atoms in total. The first-order valence-corrected chi connectivity index (χ1v) is 8.60. The number of hydrogen-bond donors (Lipinski definition) is 0. The molecule has 0 aliphatic carbocycles. The van der Waals surface area contributed by atoms with Gasteiger partial charge in [0, 0.05) is 10.9 Å². The van der Waals surface area contributed by atoms with E-state index in [9.17, 15) is 10.1 Å². The van der Waals surface area contributed by atoms with Gasteiger partial charge >= 0.3 is 0 Å². The van der Waals surface area contributed by atoms with Gasteiger partial charge in [0.2, 0.25) is 0 Å². The molecule has 0 bridgehead atoms. The number of pyridine rings is 1. The number of nitrogens with zero attached hydrogens (tertiary/aromatic N) is 2. The molecule has 0 saturated carbocycles. The Kier molecular flexibility index (Phi) is 4.64. The fourth-order valence-electron chi connectivity index (χ4n) is 2.48. The summed E-state index contributed by atoms with van der Waals surface area (Å²) < 4.78 is 0. The molecule has 0 unspecified atom stereocenters. The molecule has 3 aromatic rings. The topological polar surface area (TPSA) is 53.8 Å². The molecule has 1 heterocycles. The number of benzene rings is 2. The van der Waals surface area contributed by atoms with E-state index in [0.717, 1.165) is 22.0 Å². The Morgan fingerprint density at radius 3 is 2.62 bits per heavy atom. The van der Waals surface area contributed by atoms with Crippen molar-refractivity contribution in [2.45, 2.75) is 18.9 Å². The van der Waals surface area contributed by atoms with Crippen LogP contribution in [0.25, 0.3) is 10.9 Å². The van der Waals surface area contributed by atoms with Gasteiger partial charge in [0.1, 0.15) is 11.1 Å². The zero-order valence-corrected chi connectivity index (χ0v) is 14.4. The average Bonchev–Trinajstić information content (AvgIpc) is 2.60. The molecule has 0 N–H and O–H groups in total. The second-order valence-electron chi connectivity index (χ2n) is 5.68. The number of thioether (sulfide) groups is 1. The normalized spacial score (nSPS) is 10.5. The number of carbonyl (C=O) groups excluding carboxylic acids is 1. The summed E-state index contributed by atoms with van der Waals surface area (Å²) in [5, 5.41) is 10.9. The standard InChI is InChI=1S/C20H16N2OS/c1-13-6-8-15(9-7-13)18(23)12-24-20-17(11-21)10-16-5-3-4-14(2)19(16)22-20/h3-10H,12H2,1-2H3. The Labute approximate surface area is 145 Å². The minimum atomic E-state index is 0.0376. The van der Waals surface area contributed by atoms with Gasteiger partial charge in [-0.15, -0.1) is 0 Å². The minimum Gasteiger partial charge on any atom is -0.293 e. The summed E-state index contributed by atoms with van der Waals surface area (Å²) in [5.74, 6) is 0.304. The highest BCUT2D eigenvalue weighted by Gasteiger charge is 2.12. The number of para-hydroxylation sites is 1. The molecule has 118 valence electrons. The van der Waals surface area contributed by atoms with Gasteiger partial charge in [-0.1, -0.05) is 59.8 Å². The summed E-state index contributed by atoms with van der Waals surface area (Å²) in [6, 6.07) is 17.4. The summed E-state index contributed by atoms with van der Waals surface area (Å²) >= 11 is 1.32. The molecule has 2 aromatic carbocycles. The van der Waals surface area contributed by atoms with Crippen LogP contribution in [0.2, 0.25) is 0 Å². The molecule has 1 aromatic heterocycles. The quantitative estimate of drug-likeness (QED) is 0.513. The Morgan fingerprint density at radius 1 is 1.17 bits per heavy atom. The monoisotopic (exact) mass is 332 g/mol. The smallest absolute Gasteiger partial charge is 0.173 e. The summed E-state index contributed by atoms with van der Waals surface area (Å²) in [6.45, 7) is 3.98. The van der Waals surface area contributed by atoms with Gasteiger partial charge in [-0.05, 0) is 25.5 Å². The van der Waals surface area contributed by atoms with Crippen LogP contribution < -0.4 is 0 Å². The highest BCUT2D eigenvalue weighted by Crippen LogP contribution is 2.26. The fourth-order valence-corrected chi connectivity index (χ4v) is 3.33. The fraction of sp³-hybridized carbons (Fsp3) is 0.150. The molecule has 0 saturated heterocycles. The van der Waals surface area contributed by atoms with E-state index in [1.54, 1.807) is 0 Å². The van der Waals surface area contributed by atoms with Crippen LogP contribution >= 0.6 is 11.8 Å². The van der Waals surface area contributed by atoms with E-state index >= 15 is 0 Å². The third kappa shape index (κ3) is 3.32. The van der Waals surface area contributed by atoms with Gasteiger partial charge < -0.3 is 0 Å². The molecule has 0 aliphatic rings. The largest absolute Gasteiger partial charge is 0.293 e. The second kappa shape index (κ2) is 6.86. The Hall–Kier alpha value is -2.64. The van der Waals surface area contributed by atoms with Crippen molar-refractivity contribution in [3.05, 3.63) is 70.8 Å². The lowest BCUT2D eigenvalue weighted by Gasteiger charge is -2.07. The lowest BCUT2D eigenvalue weighted by molar-refractivity contribution is 0.102. The lowest BCUT2D eigenvalue weighted by atomic mass is 10.1. The Balaban J connectivity index is 1.86. The molecule has 0 atom stereocenters. The first kappa shape index (κ1) is 16.2. The van der Waals surface area contributed by atoms with Gasteiger partial charge in [0.15, 0.2) is 5.78 Å². The van der Waals surface area contributed by atoms with Gasteiger partial charge in [0.05, 0.1) is 16.8 Å². The van der Waals surface area contributed by atoms with Crippen molar-refractivity contribution in [1.29, 1.82) is 5.26 Å². The predicted molar refractivity (Wildman–Crippen MR) is 97.4 cm³/mol. The number of hydrogen-bond acceptors (Lipinski definition) is 4. The van der Waals surface area contributed by atoms with Crippen LogP contribution in [0.5, 0.6) is 0 Å². The number of aromatic nitrogens is 1. The van der Waals surface area contributed by atoms with Crippen molar-refractivity contribution in [3.8, 4) is 6.07 Å². The maximum atomic E-state index is 12.3.